The lowest BCUT2D eigenvalue weighted by Gasteiger charge is -2.24. The first kappa shape index (κ1) is 13.7. The topological polar surface area (TPSA) is 72.9 Å². The Morgan fingerprint density at radius 3 is 2.65 bits per heavy atom. The lowest BCUT2D eigenvalue weighted by Crippen LogP contribution is -2.46. The number of urea groups is 1. The molecule has 0 spiro atoms. The summed E-state index contributed by atoms with van der Waals surface area (Å²) in [6.07, 6.45) is 4.93. The van der Waals surface area contributed by atoms with E-state index in [9.17, 15) is 14.7 Å². The molecule has 2 amide bonds. The number of fused-ring (bicyclic) bond motifs is 2. The van der Waals surface area contributed by atoms with E-state index in [0.717, 1.165) is 19.4 Å². The zero-order chi connectivity index (χ0) is 14.3. The van der Waals surface area contributed by atoms with Crippen molar-refractivity contribution in [1.29, 1.82) is 0 Å². The average Bonchev–Trinajstić information content (AvgIpc) is 3.11. The maximum Gasteiger partial charge on any atom is 0.317 e. The highest BCUT2D eigenvalue weighted by molar-refractivity contribution is 5.79. The summed E-state index contributed by atoms with van der Waals surface area (Å²) in [6, 6.07) is 0.651. The molecule has 3 atom stereocenters. The molecule has 3 unspecified atom stereocenters. The summed E-state index contributed by atoms with van der Waals surface area (Å²) < 4.78 is 0. The van der Waals surface area contributed by atoms with Crippen LogP contribution in [0.4, 0.5) is 4.79 Å². The van der Waals surface area contributed by atoms with Crippen LogP contribution in [0.1, 0.15) is 32.1 Å². The lowest BCUT2D eigenvalue weighted by molar-refractivity contribution is -0.142. The van der Waals surface area contributed by atoms with Gasteiger partial charge in [-0.15, -0.1) is 0 Å². The minimum absolute atomic E-state index is 0.0783. The van der Waals surface area contributed by atoms with Crippen molar-refractivity contribution < 1.29 is 14.7 Å². The molecular formula is C14H23N3O3. The average molecular weight is 281 g/mol. The van der Waals surface area contributed by atoms with Gasteiger partial charge in [0.2, 0.25) is 0 Å². The number of carboxylic acids is 1. The fourth-order valence-electron chi connectivity index (χ4n) is 3.70. The number of likely N-dealkylation sites (N-methyl/N-ethyl adjacent to an activating group) is 1. The SMILES string of the molecule is CN(CCNC(=O)N1C2CCC1C(C(=O)O)C2)C1CC1. The molecule has 0 radical (unpaired) electrons. The van der Waals surface area contributed by atoms with Gasteiger partial charge >= 0.3 is 12.0 Å². The number of aliphatic carboxylic acids is 1. The van der Waals surface area contributed by atoms with Crippen molar-refractivity contribution in [2.45, 2.75) is 50.2 Å². The van der Waals surface area contributed by atoms with Crippen LogP contribution in [-0.4, -0.2) is 65.2 Å². The molecule has 2 N–H and O–H groups in total. The van der Waals surface area contributed by atoms with Crippen LogP contribution in [0.3, 0.4) is 0 Å². The zero-order valence-electron chi connectivity index (χ0n) is 11.9. The van der Waals surface area contributed by atoms with Crippen molar-refractivity contribution in [1.82, 2.24) is 15.1 Å². The van der Waals surface area contributed by atoms with Gasteiger partial charge in [-0.1, -0.05) is 0 Å². The Kier molecular flexibility index (Phi) is 3.58. The standard InChI is InChI=1S/C14H23N3O3/c1-16(9-2-3-9)7-6-15-14(20)17-10-4-5-12(17)11(8-10)13(18)19/h9-12H,2-8H2,1H3,(H,15,20)(H,18,19). The van der Waals surface area contributed by atoms with E-state index >= 15 is 0 Å². The first-order valence-electron chi connectivity index (χ1n) is 7.57. The lowest BCUT2D eigenvalue weighted by atomic mass is 9.89. The highest BCUT2D eigenvalue weighted by Gasteiger charge is 2.51. The molecule has 6 nitrogen and oxygen atoms in total. The largest absolute Gasteiger partial charge is 0.481 e. The van der Waals surface area contributed by atoms with Crippen molar-refractivity contribution in [3.05, 3.63) is 0 Å². The van der Waals surface area contributed by atoms with Gasteiger partial charge < -0.3 is 20.2 Å². The molecule has 112 valence electrons. The molecule has 3 fully saturated rings. The molecule has 6 heteroatoms. The van der Waals surface area contributed by atoms with Gasteiger partial charge in [0.05, 0.1) is 5.92 Å². The minimum Gasteiger partial charge on any atom is -0.481 e. The van der Waals surface area contributed by atoms with Gasteiger partial charge in [-0.25, -0.2) is 4.79 Å². The van der Waals surface area contributed by atoms with E-state index in [4.69, 9.17) is 0 Å². The predicted octanol–water partition coefficient (Wildman–Crippen LogP) is 0.728. The highest BCUT2D eigenvalue weighted by Crippen LogP contribution is 2.41. The maximum atomic E-state index is 12.2. The van der Waals surface area contributed by atoms with Gasteiger partial charge in [0.25, 0.3) is 0 Å². The molecule has 1 saturated carbocycles. The van der Waals surface area contributed by atoms with Crippen LogP contribution in [0, 0.1) is 5.92 Å². The van der Waals surface area contributed by atoms with E-state index in [1.165, 1.54) is 12.8 Å². The second kappa shape index (κ2) is 5.24. The number of carbonyl (C=O) groups excluding carboxylic acids is 1. The number of amides is 2. The normalized spacial score (nSPS) is 31.9. The van der Waals surface area contributed by atoms with Gasteiger partial charge in [0.15, 0.2) is 0 Å². The first-order valence-corrected chi connectivity index (χ1v) is 7.57. The molecule has 0 aromatic carbocycles. The fourth-order valence-corrected chi connectivity index (χ4v) is 3.70. The number of hydrogen-bond donors (Lipinski definition) is 2. The van der Waals surface area contributed by atoms with Crippen LogP contribution >= 0.6 is 0 Å². The van der Waals surface area contributed by atoms with Gasteiger partial charge in [-0.2, -0.15) is 0 Å². The Labute approximate surface area is 119 Å². The zero-order valence-corrected chi connectivity index (χ0v) is 11.9. The van der Waals surface area contributed by atoms with Gasteiger partial charge in [0, 0.05) is 31.2 Å². The Morgan fingerprint density at radius 2 is 2.05 bits per heavy atom. The second-order valence-corrected chi connectivity index (χ2v) is 6.33. The van der Waals surface area contributed by atoms with E-state index in [1.807, 2.05) is 0 Å². The summed E-state index contributed by atoms with van der Waals surface area (Å²) >= 11 is 0. The van der Waals surface area contributed by atoms with E-state index in [1.54, 1.807) is 4.90 Å². The Bertz CT molecular complexity index is 410. The van der Waals surface area contributed by atoms with Crippen molar-refractivity contribution in [3.8, 4) is 0 Å². The van der Waals surface area contributed by atoms with Crippen LogP contribution in [-0.2, 0) is 4.79 Å². The summed E-state index contributed by atoms with van der Waals surface area (Å²) in [7, 11) is 2.09. The molecule has 3 aliphatic rings. The number of nitrogens with one attached hydrogen (secondary N) is 1. The number of rotatable bonds is 5. The molecule has 0 aromatic rings. The van der Waals surface area contributed by atoms with Crippen molar-refractivity contribution >= 4 is 12.0 Å². The number of carbonyl (C=O) groups is 2. The van der Waals surface area contributed by atoms with E-state index in [0.29, 0.717) is 19.0 Å². The van der Waals surface area contributed by atoms with Crippen molar-refractivity contribution in [2.24, 2.45) is 5.92 Å². The minimum atomic E-state index is -0.761. The summed E-state index contributed by atoms with van der Waals surface area (Å²) in [5.41, 5.74) is 0. The van der Waals surface area contributed by atoms with Crippen LogP contribution < -0.4 is 5.32 Å². The Morgan fingerprint density at radius 1 is 1.30 bits per heavy atom. The molecule has 3 rings (SSSR count). The molecule has 1 aliphatic carbocycles. The van der Waals surface area contributed by atoms with E-state index in [2.05, 4.69) is 17.3 Å². The van der Waals surface area contributed by atoms with Crippen molar-refractivity contribution in [3.63, 3.8) is 0 Å². The van der Waals surface area contributed by atoms with Crippen molar-refractivity contribution in [2.75, 3.05) is 20.1 Å². The van der Waals surface area contributed by atoms with Gasteiger partial charge in [-0.3, -0.25) is 4.79 Å². The van der Waals surface area contributed by atoms with Crippen LogP contribution in [0.25, 0.3) is 0 Å². The number of carboxylic acid groups (broad SMARTS) is 1. The molecule has 2 heterocycles. The predicted molar refractivity (Wildman–Crippen MR) is 73.4 cm³/mol. The van der Waals surface area contributed by atoms with Gasteiger partial charge in [-0.05, 0) is 39.2 Å². The monoisotopic (exact) mass is 281 g/mol. The molecule has 2 bridgehead atoms. The summed E-state index contributed by atoms with van der Waals surface area (Å²) in [5, 5.41) is 12.1. The summed E-state index contributed by atoms with van der Waals surface area (Å²) in [6.45, 7) is 1.50. The molecule has 2 aliphatic heterocycles. The number of hydrogen-bond acceptors (Lipinski definition) is 3. The second-order valence-electron chi connectivity index (χ2n) is 6.33. The third-order valence-corrected chi connectivity index (χ3v) is 5.00. The molecule has 0 aromatic heterocycles. The highest BCUT2D eigenvalue weighted by atomic mass is 16.4. The quantitative estimate of drug-likeness (QED) is 0.779. The Balaban J connectivity index is 1.49. The summed E-state index contributed by atoms with van der Waals surface area (Å²) in [5.74, 6) is -1.13. The first-order chi connectivity index (χ1) is 9.58. The number of nitrogens with zero attached hydrogens (tertiary/aromatic N) is 2. The fraction of sp³-hybridized carbons (Fsp3) is 0.857. The van der Waals surface area contributed by atoms with Crippen LogP contribution in [0.5, 0.6) is 0 Å². The third kappa shape index (κ3) is 2.49. The smallest absolute Gasteiger partial charge is 0.317 e. The van der Waals surface area contributed by atoms with E-state index < -0.39 is 5.97 Å². The third-order valence-electron chi connectivity index (χ3n) is 5.00. The molecular weight excluding hydrogens is 258 g/mol. The van der Waals surface area contributed by atoms with E-state index in [-0.39, 0.29) is 24.0 Å². The van der Waals surface area contributed by atoms with Crippen LogP contribution in [0.2, 0.25) is 0 Å². The summed E-state index contributed by atoms with van der Waals surface area (Å²) in [4.78, 5) is 27.5. The maximum absolute atomic E-state index is 12.2. The van der Waals surface area contributed by atoms with Gasteiger partial charge in [0.1, 0.15) is 0 Å². The molecule has 20 heavy (non-hydrogen) atoms. The Hall–Kier alpha value is -1.30. The molecule has 2 saturated heterocycles. The van der Waals surface area contributed by atoms with Crippen LogP contribution in [0.15, 0.2) is 0 Å².